The highest BCUT2D eigenvalue weighted by Gasteiger charge is 2.38. The van der Waals surface area contributed by atoms with E-state index in [9.17, 15) is 9.59 Å². The predicted molar refractivity (Wildman–Crippen MR) is 139 cm³/mol. The van der Waals surface area contributed by atoms with Gasteiger partial charge in [0, 0.05) is 13.0 Å². The van der Waals surface area contributed by atoms with E-state index in [1.165, 1.54) is 81.9 Å². The van der Waals surface area contributed by atoms with Crippen molar-refractivity contribution in [2.45, 2.75) is 148 Å². The van der Waals surface area contributed by atoms with E-state index >= 15 is 0 Å². The van der Waals surface area contributed by atoms with Crippen molar-refractivity contribution in [3.63, 3.8) is 0 Å². The monoisotopic (exact) mass is 481 g/mol. The molecule has 0 aromatic heterocycles. The van der Waals surface area contributed by atoms with Crippen LogP contribution in [-0.2, 0) is 14.4 Å². The average Bonchev–Trinajstić information content (AvgIpc) is 3.27. The molecule has 198 valence electrons. The third-order valence-electron chi connectivity index (χ3n) is 6.19. The summed E-state index contributed by atoms with van der Waals surface area (Å²) in [5.41, 5.74) is 5.31. The summed E-state index contributed by atoms with van der Waals surface area (Å²) in [5, 5.41) is 3.80. The SMILES string of the molecule is CCCCCCCCCCCCCCCCC(N)=NOC(=O)[C@@H]1CCCN1C(=O)OC(C)(C)C. The molecule has 1 aliphatic rings. The number of amidine groups is 1. The van der Waals surface area contributed by atoms with Crippen LogP contribution in [0.2, 0.25) is 0 Å². The largest absolute Gasteiger partial charge is 0.444 e. The Balaban J connectivity index is 2.08. The summed E-state index contributed by atoms with van der Waals surface area (Å²) >= 11 is 0. The smallest absolute Gasteiger partial charge is 0.411 e. The highest BCUT2D eigenvalue weighted by atomic mass is 16.7. The Morgan fingerprint density at radius 1 is 0.882 bits per heavy atom. The molecule has 0 unspecified atom stereocenters. The molecule has 0 aromatic carbocycles. The quantitative estimate of drug-likeness (QED) is 0.0788. The van der Waals surface area contributed by atoms with Gasteiger partial charge in [0.15, 0.2) is 0 Å². The van der Waals surface area contributed by atoms with Crippen molar-refractivity contribution in [3.05, 3.63) is 0 Å². The van der Waals surface area contributed by atoms with E-state index in [0.29, 0.717) is 25.2 Å². The van der Waals surface area contributed by atoms with E-state index in [1.807, 2.05) is 0 Å². The molecule has 0 bridgehead atoms. The Labute approximate surface area is 208 Å². The van der Waals surface area contributed by atoms with Crippen LogP contribution in [0.1, 0.15) is 137 Å². The summed E-state index contributed by atoms with van der Waals surface area (Å²) in [7, 11) is 0. The highest BCUT2D eigenvalue weighted by Crippen LogP contribution is 2.22. The van der Waals surface area contributed by atoms with E-state index in [-0.39, 0.29) is 0 Å². The van der Waals surface area contributed by atoms with Crippen molar-refractivity contribution in [3.8, 4) is 0 Å². The summed E-state index contributed by atoms with van der Waals surface area (Å²) in [6.07, 6.45) is 19.7. The molecule has 1 saturated heterocycles. The standard InChI is InChI=1S/C27H51N3O4/c1-5-6-7-8-9-10-11-12-13-14-15-16-17-18-21-24(28)29-34-25(31)23-20-19-22-30(23)26(32)33-27(2,3)4/h23H,5-22H2,1-4H3,(H2,28,29)/t23-/m0/s1. The molecule has 1 atom stereocenters. The summed E-state index contributed by atoms with van der Waals surface area (Å²) in [5.74, 6) is -0.221. The van der Waals surface area contributed by atoms with Gasteiger partial charge in [-0.05, 0) is 40.0 Å². The Hall–Kier alpha value is -1.79. The van der Waals surface area contributed by atoms with E-state index in [4.69, 9.17) is 15.3 Å². The minimum absolute atomic E-state index is 0.328. The normalized spacial score (nSPS) is 16.6. The van der Waals surface area contributed by atoms with Gasteiger partial charge in [-0.1, -0.05) is 95.6 Å². The van der Waals surface area contributed by atoms with Gasteiger partial charge in [0.25, 0.3) is 0 Å². The Morgan fingerprint density at radius 2 is 1.38 bits per heavy atom. The second-order valence-corrected chi connectivity index (χ2v) is 10.7. The van der Waals surface area contributed by atoms with Gasteiger partial charge in [-0.15, -0.1) is 0 Å². The van der Waals surface area contributed by atoms with Crippen LogP contribution in [0.25, 0.3) is 0 Å². The first kappa shape index (κ1) is 30.2. The number of oxime groups is 1. The van der Waals surface area contributed by atoms with Gasteiger partial charge >= 0.3 is 12.1 Å². The van der Waals surface area contributed by atoms with E-state index in [1.54, 1.807) is 20.8 Å². The first-order chi connectivity index (χ1) is 16.2. The third-order valence-corrected chi connectivity index (χ3v) is 6.19. The molecular formula is C27H51N3O4. The number of carbonyl (C=O) groups is 2. The maximum Gasteiger partial charge on any atom is 0.411 e. The van der Waals surface area contributed by atoms with Crippen molar-refractivity contribution in [2.75, 3.05) is 6.54 Å². The zero-order valence-corrected chi connectivity index (χ0v) is 22.4. The fourth-order valence-electron chi connectivity index (χ4n) is 4.26. The number of unbranched alkanes of at least 4 members (excludes halogenated alkanes) is 13. The summed E-state index contributed by atoms with van der Waals surface area (Å²) in [6, 6.07) is -0.660. The van der Waals surface area contributed by atoms with Crippen molar-refractivity contribution in [2.24, 2.45) is 10.9 Å². The molecule has 1 aliphatic heterocycles. The van der Waals surface area contributed by atoms with Crippen molar-refractivity contribution < 1.29 is 19.2 Å². The second-order valence-electron chi connectivity index (χ2n) is 10.7. The van der Waals surface area contributed by atoms with Crippen molar-refractivity contribution in [1.29, 1.82) is 0 Å². The molecule has 1 fully saturated rings. The first-order valence-corrected chi connectivity index (χ1v) is 13.8. The van der Waals surface area contributed by atoms with Crippen molar-refractivity contribution in [1.82, 2.24) is 4.90 Å². The molecule has 0 aromatic rings. The lowest BCUT2D eigenvalue weighted by molar-refractivity contribution is -0.148. The molecule has 7 nitrogen and oxygen atoms in total. The van der Waals surface area contributed by atoms with Gasteiger partial charge in [-0.2, -0.15) is 0 Å². The highest BCUT2D eigenvalue weighted by molar-refractivity contribution is 5.84. The molecule has 1 heterocycles. The molecule has 0 saturated carbocycles. The maximum absolute atomic E-state index is 12.4. The lowest BCUT2D eigenvalue weighted by Gasteiger charge is -2.27. The summed E-state index contributed by atoms with van der Waals surface area (Å²) in [4.78, 5) is 31.2. The topological polar surface area (TPSA) is 94.2 Å². The summed E-state index contributed by atoms with van der Waals surface area (Å²) in [6.45, 7) is 8.15. The number of rotatable bonds is 17. The van der Waals surface area contributed by atoms with Crippen LogP contribution in [0, 0.1) is 0 Å². The van der Waals surface area contributed by atoms with Gasteiger partial charge in [-0.3, -0.25) is 4.90 Å². The number of carbonyl (C=O) groups excluding carboxylic acids is 2. The van der Waals surface area contributed by atoms with Gasteiger partial charge < -0.3 is 15.3 Å². The lowest BCUT2D eigenvalue weighted by Crippen LogP contribution is -2.43. The fraction of sp³-hybridized carbons (Fsp3) is 0.889. The van der Waals surface area contributed by atoms with Crippen LogP contribution in [0.15, 0.2) is 5.16 Å². The van der Waals surface area contributed by atoms with Crippen molar-refractivity contribution >= 4 is 17.9 Å². The van der Waals surface area contributed by atoms with E-state index in [2.05, 4.69) is 12.1 Å². The maximum atomic E-state index is 12.4. The number of nitrogens with zero attached hydrogens (tertiary/aromatic N) is 2. The predicted octanol–water partition coefficient (Wildman–Crippen LogP) is 7.07. The fourth-order valence-corrected chi connectivity index (χ4v) is 4.26. The zero-order chi connectivity index (χ0) is 25.2. The number of nitrogens with two attached hydrogens (primary N) is 1. The third kappa shape index (κ3) is 14.5. The average molecular weight is 482 g/mol. The molecule has 1 amide bonds. The van der Waals surface area contributed by atoms with Crippen LogP contribution in [0.3, 0.4) is 0 Å². The minimum Gasteiger partial charge on any atom is -0.444 e. The number of hydrogen-bond donors (Lipinski definition) is 1. The molecule has 0 radical (unpaired) electrons. The Morgan fingerprint density at radius 3 is 1.88 bits per heavy atom. The minimum atomic E-state index is -0.660. The van der Waals surface area contributed by atoms with E-state index < -0.39 is 23.7 Å². The molecule has 0 spiro atoms. The van der Waals surface area contributed by atoms with Gasteiger partial charge in [0.2, 0.25) is 0 Å². The number of hydrogen-bond acceptors (Lipinski definition) is 5. The van der Waals surface area contributed by atoms with Crippen LogP contribution >= 0.6 is 0 Å². The molecule has 2 N–H and O–H groups in total. The number of amides is 1. The van der Waals surface area contributed by atoms with Crippen LogP contribution in [0.5, 0.6) is 0 Å². The summed E-state index contributed by atoms with van der Waals surface area (Å²) < 4.78 is 5.38. The zero-order valence-electron chi connectivity index (χ0n) is 22.4. The van der Waals surface area contributed by atoms with Crippen LogP contribution in [0.4, 0.5) is 4.79 Å². The van der Waals surface area contributed by atoms with E-state index in [0.717, 1.165) is 19.3 Å². The van der Waals surface area contributed by atoms with Gasteiger partial charge in [-0.25, -0.2) is 9.59 Å². The number of ether oxygens (including phenoxy) is 1. The molecular weight excluding hydrogens is 430 g/mol. The molecule has 0 aliphatic carbocycles. The Kier molecular flexibility index (Phi) is 15.7. The van der Waals surface area contributed by atoms with Gasteiger partial charge in [0.05, 0.1) is 0 Å². The lowest BCUT2D eigenvalue weighted by atomic mass is 10.0. The van der Waals surface area contributed by atoms with Crippen LogP contribution < -0.4 is 5.73 Å². The van der Waals surface area contributed by atoms with Crippen LogP contribution in [-0.4, -0.2) is 41.0 Å². The first-order valence-electron chi connectivity index (χ1n) is 13.8. The molecule has 7 heteroatoms. The molecule has 34 heavy (non-hydrogen) atoms. The molecule has 1 rings (SSSR count). The second kappa shape index (κ2) is 17.6. The Bertz CT molecular complexity index is 601. The van der Waals surface area contributed by atoms with Gasteiger partial charge in [0.1, 0.15) is 17.5 Å². The number of likely N-dealkylation sites (tertiary alicyclic amines) is 1.